The van der Waals surface area contributed by atoms with Gasteiger partial charge in [0.25, 0.3) is 0 Å². The number of halogens is 4. The number of nitrogens with one attached hydrogen (secondary N) is 1. The monoisotopic (exact) mass is 449 g/mol. The standard InChI is InChI=1S/C16H15BrClF2N3OS/c1-7(19)9(21)4-11-14(17)15-16(24-11)10(5-13(18)23-15)22-6-12-8(20)2-3-25-12/h2-3,5,7,9H,4,6,21H2,1H3,(H,22,23)/t7-,9-/m1/s1. The smallest absolute Gasteiger partial charge is 0.177 e. The first-order valence-electron chi connectivity index (χ1n) is 7.49. The van der Waals surface area contributed by atoms with Crippen LogP contribution in [0.5, 0.6) is 0 Å². The fraction of sp³-hybridized carbons (Fsp3) is 0.312. The molecule has 3 rings (SSSR count). The highest BCUT2D eigenvalue weighted by Crippen LogP contribution is 2.36. The molecule has 3 N–H and O–H groups in total. The van der Waals surface area contributed by atoms with Crippen LogP contribution in [0, 0.1) is 5.82 Å². The minimum absolute atomic E-state index is 0.214. The van der Waals surface area contributed by atoms with Crippen molar-refractivity contribution in [2.24, 2.45) is 5.73 Å². The number of thiophene rings is 1. The predicted molar refractivity (Wildman–Crippen MR) is 101 cm³/mol. The largest absolute Gasteiger partial charge is 0.456 e. The number of rotatable bonds is 6. The summed E-state index contributed by atoms with van der Waals surface area (Å²) in [6.07, 6.45) is -0.957. The summed E-state index contributed by atoms with van der Waals surface area (Å²) in [4.78, 5) is 4.82. The van der Waals surface area contributed by atoms with E-state index in [1.54, 1.807) is 11.4 Å². The molecule has 0 fully saturated rings. The van der Waals surface area contributed by atoms with E-state index in [2.05, 4.69) is 26.2 Å². The number of fused-ring (bicyclic) bond motifs is 1. The lowest BCUT2D eigenvalue weighted by Crippen LogP contribution is -2.31. The van der Waals surface area contributed by atoms with Gasteiger partial charge < -0.3 is 15.5 Å². The lowest BCUT2D eigenvalue weighted by Gasteiger charge is -2.10. The Bertz CT molecular complexity index is 899. The van der Waals surface area contributed by atoms with Crippen LogP contribution in [-0.2, 0) is 13.0 Å². The summed E-state index contributed by atoms with van der Waals surface area (Å²) in [6.45, 7) is 1.69. The lowest BCUT2D eigenvalue weighted by atomic mass is 10.1. The molecule has 0 aromatic carbocycles. The minimum atomic E-state index is -1.17. The zero-order valence-electron chi connectivity index (χ0n) is 13.2. The summed E-state index contributed by atoms with van der Waals surface area (Å²) >= 11 is 10.8. The van der Waals surface area contributed by atoms with Gasteiger partial charge in [0, 0.05) is 18.5 Å². The second kappa shape index (κ2) is 7.57. The van der Waals surface area contributed by atoms with Gasteiger partial charge in [-0.1, -0.05) is 11.6 Å². The molecular formula is C16H15BrClF2N3OS. The van der Waals surface area contributed by atoms with E-state index >= 15 is 0 Å². The highest BCUT2D eigenvalue weighted by Gasteiger charge is 2.21. The van der Waals surface area contributed by atoms with Crippen LogP contribution in [-0.4, -0.2) is 17.2 Å². The fourth-order valence-electron chi connectivity index (χ4n) is 2.32. The zero-order valence-corrected chi connectivity index (χ0v) is 16.3. The van der Waals surface area contributed by atoms with Crippen molar-refractivity contribution in [2.45, 2.75) is 32.1 Å². The number of hydrogen-bond donors (Lipinski definition) is 2. The van der Waals surface area contributed by atoms with E-state index in [9.17, 15) is 8.78 Å². The van der Waals surface area contributed by atoms with Gasteiger partial charge in [0.15, 0.2) is 5.58 Å². The van der Waals surface area contributed by atoms with Crippen molar-refractivity contribution in [3.05, 3.63) is 43.6 Å². The maximum atomic E-state index is 13.6. The molecule has 0 unspecified atom stereocenters. The topological polar surface area (TPSA) is 64.1 Å². The number of nitrogens with two attached hydrogens (primary N) is 1. The summed E-state index contributed by atoms with van der Waals surface area (Å²) < 4.78 is 33.4. The summed E-state index contributed by atoms with van der Waals surface area (Å²) in [6, 6.07) is 2.33. The molecule has 134 valence electrons. The van der Waals surface area contributed by atoms with Crippen molar-refractivity contribution in [1.29, 1.82) is 0 Å². The Kier molecular flexibility index (Phi) is 5.62. The SMILES string of the molecule is C[C@@H](F)[C@H](N)Cc1oc2c(NCc3sccc3F)cc(Cl)nc2c1Br. The molecule has 4 nitrogen and oxygen atoms in total. The van der Waals surface area contributed by atoms with Crippen LogP contribution >= 0.6 is 38.9 Å². The van der Waals surface area contributed by atoms with Gasteiger partial charge in [-0.15, -0.1) is 11.3 Å². The number of furan rings is 1. The molecule has 0 aliphatic heterocycles. The van der Waals surface area contributed by atoms with Gasteiger partial charge in [0.1, 0.15) is 28.4 Å². The zero-order chi connectivity index (χ0) is 18.1. The number of alkyl halides is 1. The van der Waals surface area contributed by atoms with E-state index in [1.807, 2.05) is 0 Å². The minimum Gasteiger partial charge on any atom is -0.456 e. The molecule has 0 spiro atoms. The van der Waals surface area contributed by atoms with Crippen LogP contribution in [0.25, 0.3) is 11.1 Å². The summed E-state index contributed by atoms with van der Waals surface area (Å²) in [7, 11) is 0. The van der Waals surface area contributed by atoms with Gasteiger partial charge in [0.05, 0.1) is 21.6 Å². The average molecular weight is 451 g/mol. The van der Waals surface area contributed by atoms with E-state index in [4.69, 9.17) is 21.8 Å². The van der Waals surface area contributed by atoms with E-state index in [0.29, 0.717) is 31.9 Å². The Morgan fingerprint density at radius 2 is 2.28 bits per heavy atom. The fourth-order valence-corrected chi connectivity index (χ4v) is 3.71. The third-order valence-electron chi connectivity index (χ3n) is 3.76. The number of nitrogens with zero attached hydrogens (tertiary/aromatic N) is 1. The molecule has 0 aliphatic carbocycles. The summed E-state index contributed by atoms with van der Waals surface area (Å²) in [5.74, 6) is 0.227. The molecule has 0 aliphatic rings. The highest BCUT2D eigenvalue weighted by atomic mass is 79.9. The average Bonchev–Trinajstić information content (AvgIpc) is 3.10. The van der Waals surface area contributed by atoms with Gasteiger partial charge in [-0.3, -0.25) is 0 Å². The van der Waals surface area contributed by atoms with Crippen molar-refractivity contribution >= 4 is 55.7 Å². The molecule has 0 radical (unpaired) electrons. The van der Waals surface area contributed by atoms with E-state index in [1.165, 1.54) is 24.3 Å². The van der Waals surface area contributed by atoms with Crippen LogP contribution in [0.1, 0.15) is 17.6 Å². The Morgan fingerprint density at radius 3 is 2.92 bits per heavy atom. The second-order valence-electron chi connectivity index (χ2n) is 5.60. The maximum Gasteiger partial charge on any atom is 0.177 e. The molecule has 25 heavy (non-hydrogen) atoms. The van der Waals surface area contributed by atoms with Gasteiger partial charge in [-0.25, -0.2) is 13.8 Å². The predicted octanol–water partition coefficient (Wildman–Crippen LogP) is 5.28. The highest BCUT2D eigenvalue weighted by molar-refractivity contribution is 9.10. The van der Waals surface area contributed by atoms with Crippen molar-refractivity contribution in [2.75, 3.05) is 5.32 Å². The lowest BCUT2D eigenvalue weighted by molar-refractivity contribution is 0.295. The molecule has 0 saturated carbocycles. The molecule has 0 saturated heterocycles. The number of aromatic nitrogens is 1. The first-order valence-corrected chi connectivity index (χ1v) is 9.54. The molecule has 3 aromatic rings. The van der Waals surface area contributed by atoms with Gasteiger partial charge in [-0.2, -0.15) is 0 Å². The normalized spacial score (nSPS) is 14.0. The van der Waals surface area contributed by atoms with Crippen molar-refractivity contribution in [3.63, 3.8) is 0 Å². The van der Waals surface area contributed by atoms with Crippen molar-refractivity contribution in [3.8, 4) is 0 Å². The van der Waals surface area contributed by atoms with E-state index < -0.39 is 12.2 Å². The quantitative estimate of drug-likeness (QED) is 0.501. The molecule has 9 heteroatoms. The first-order chi connectivity index (χ1) is 11.9. The molecule has 3 heterocycles. The third kappa shape index (κ3) is 3.97. The Balaban J connectivity index is 1.94. The third-order valence-corrected chi connectivity index (χ3v) is 5.67. The number of anilines is 1. The van der Waals surface area contributed by atoms with Crippen molar-refractivity contribution < 1.29 is 13.2 Å². The van der Waals surface area contributed by atoms with Gasteiger partial charge >= 0.3 is 0 Å². The second-order valence-corrected chi connectivity index (χ2v) is 7.78. The van der Waals surface area contributed by atoms with Crippen LogP contribution in [0.15, 0.2) is 26.4 Å². The number of pyridine rings is 1. The van der Waals surface area contributed by atoms with Crippen LogP contribution in [0.2, 0.25) is 5.15 Å². The summed E-state index contributed by atoms with van der Waals surface area (Å²) in [5.41, 5.74) is 7.34. The van der Waals surface area contributed by atoms with E-state index in [0.717, 1.165) is 0 Å². The van der Waals surface area contributed by atoms with Gasteiger partial charge in [0.2, 0.25) is 0 Å². The molecule has 3 aromatic heterocycles. The first kappa shape index (κ1) is 18.6. The molecular weight excluding hydrogens is 436 g/mol. The van der Waals surface area contributed by atoms with Crippen LogP contribution in [0.4, 0.5) is 14.5 Å². The molecule has 0 amide bonds. The van der Waals surface area contributed by atoms with Gasteiger partial charge in [-0.05, 0) is 34.3 Å². The Labute approximate surface area is 160 Å². The Hall–Kier alpha value is -1.22. The Morgan fingerprint density at radius 1 is 1.52 bits per heavy atom. The van der Waals surface area contributed by atoms with Crippen LogP contribution < -0.4 is 11.1 Å². The number of hydrogen-bond acceptors (Lipinski definition) is 5. The van der Waals surface area contributed by atoms with Crippen LogP contribution in [0.3, 0.4) is 0 Å². The summed E-state index contributed by atoms with van der Waals surface area (Å²) in [5, 5.41) is 5.06. The van der Waals surface area contributed by atoms with Crippen molar-refractivity contribution in [1.82, 2.24) is 4.98 Å². The molecule has 0 bridgehead atoms. The van der Waals surface area contributed by atoms with E-state index in [-0.39, 0.29) is 23.9 Å². The maximum absolute atomic E-state index is 13.6. The molecule has 2 atom stereocenters.